The van der Waals surface area contributed by atoms with Crippen LogP contribution in [0.1, 0.15) is 34.2 Å². The summed E-state index contributed by atoms with van der Waals surface area (Å²) in [4.78, 5) is 17.3. The second-order valence-electron chi connectivity index (χ2n) is 8.31. The van der Waals surface area contributed by atoms with E-state index in [4.69, 9.17) is 0 Å². The third kappa shape index (κ3) is 5.00. The number of carbonyl (C=O) groups excluding carboxylic acids is 1. The molecular formula is C24H31N3O. The standard InChI is InChI=1S/C24H31N3O/c1-26-10-12-27(13-11-26)18-21-5-2-4-20(14-21)17-25-24(28)16-19-8-9-22-6-3-7-23(22)15-19/h2,4-5,8-9,14-15H,3,6-7,10-13,16-18H2,1H3,(H,25,28). The van der Waals surface area contributed by atoms with Crippen molar-refractivity contribution in [2.45, 2.75) is 38.8 Å². The van der Waals surface area contributed by atoms with E-state index in [0.717, 1.165) is 44.7 Å². The second kappa shape index (κ2) is 8.89. The SMILES string of the molecule is CN1CCN(Cc2cccc(CNC(=O)Cc3ccc4c(c3)CCC4)c2)CC1. The lowest BCUT2D eigenvalue weighted by Crippen LogP contribution is -2.43. The van der Waals surface area contributed by atoms with E-state index < -0.39 is 0 Å². The van der Waals surface area contributed by atoms with E-state index in [1.54, 1.807) is 0 Å². The highest BCUT2D eigenvalue weighted by atomic mass is 16.1. The average Bonchev–Trinajstić information content (AvgIpc) is 3.16. The maximum absolute atomic E-state index is 12.4. The molecular weight excluding hydrogens is 346 g/mol. The molecule has 2 aromatic rings. The van der Waals surface area contributed by atoms with Crippen LogP contribution in [0.15, 0.2) is 42.5 Å². The van der Waals surface area contributed by atoms with Crippen LogP contribution >= 0.6 is 0 Å². The van der Waals surface area contributed by atoms with Crippen LogP contribution in [-0.2, 0) is 37.1 Å². The van der Waals surface area contributed by atoms with Crippen molar-refractivity contribution in [3.8, 4) is 0 Å². The Morgan fingerprint density at radius 2 is 1.71 bits per heavy atom. The van der Waals surface area contributed by atoms with Gasteiger partial charge in [0, 0.05) is 39.3 Å². The number of fused-ring (bicyclic) bond motifs is 1. The van der Waals surface area contributed by atoms with E-state index in [1.165, 1.54) is 35.1 Å². The van der Waals surface area contributed by atoms with E-state index in [-0.39, 0.29) is 5.91 Å². The summed E-state index contributed by atoms with van der Waals surface area (Å²) in [5.41, 5.74) is 6.52. The number of carbonyl (C=O) groups is 1. The lowest BCUT2D eigenvalue weighted by atomic mass is 10.0. The third-order valence-corrected chi connectivity index (χ3v) is 6.01. The molecule has 0 spiro atoms. The lowest BCUT2D eigenvalue weighted by molar-refractivity contribution is -0.120. The first-order valence-electron chi connectivity index (χ1n) is 10.5. The molecule has 148 valence electrons. The van der Waals surface area contributed by atoms with Gasteiger partial charge in [0.25, 0.3) is 0 Å². The maximum atomic E-state index is 12.4. The van der Waals surface area contributed by atoms with Crippen LogP contribution in [-0.4, -0.2) is 48.9 Å². The van der Waals surface area contributed by atoms with Gasteiger partial charge in [-0.15, -0.1) is 0 Å². The normalized spacial score (nSPS) is 17.5. The molecule has 0 saturated carbocycles. The van der Waals surface area contributed by atoms with E-state index in [2.05, 4.69) is 64.6 Å². The van der Waals surface area contributed by atoms with E-state index >= 15 is 0 Å². The van der Waals surface area contributed by atoms with Crippen molar-refractivity contribution in [2.75, 3.05) is 33.2 Å². The van der Waals surface area contributed by atoms with Crippen molar-refractivity contribution in [3.05, 3.63) is 70.3 Å². The highest BCUT2D eigenvalue weighted by Gasteiger charge is 2.14. The minimum absolute atomic E-state index is 0.0995. The Labute approximate surface area is 168 Å². The fraction of sp³-hybridized carbons (Fsp3) is 0.458. The molecule has 2 aliphatic rings. The molecule has 1 saturated heterocycles. The Balaban J connectivity index is 1.28. The number of amides is 1. The van der Waals surface area contributed by atoms with Gasteiger partial charge in [-0.25, -0.2) is 0 Å². The predicted octanol–water partition coefficient (Wildman–Crippen LogP) is 2.78. The first kappa shape index (κ1) is 19.2. The summed E-state index contributed by atoms with van der Waals surface area (Å²) in [6.07, 6.45) is 4.06. The number of likely N-dealkylation sites (N-methyl/N-ethyl adjacent to an activating group) is 1. The summed E-state index contributed by atoms with van der Waals surface area (Å²) in [6, 6.07) is 15.2. The average molecular weight is 378 g/mol. The topological polar surface area (TPSA) is 35.6 Å². The fourth-order valence-corrected chi connectivity index (χ4v) is 4.29. The first-order valence-corrected chi connectivity index (χ1v) is 10.5. The Bertz CT molecular complexity index is 824. The van der Waals surface area contributed by atoms with Gasteiger partial charge in [-0.05, 0) is 54.1 Å². The van der Waals surface area contributed by atoms with Gasteiger partial charge in [-0.2, -0.15) is 0 Å². The third-order valence-electron chi connectivity index (χ3n) is 6.01. The molecule has 0 radical (unpaired) electrons. The van der Waals surface area contributed by atoms with Crippen LogP contribution in [0.3, 0.4) is 0 Å². The van der Waals surface area contributed by atoms with E-state index in [0.29, 0.717) is 13.0 Å². The number of hydrogen-bond acceptors (Lipinski definition) is 3. The molecule has 2 aromatic carbocycles. The molecule has 4 heteroatoms. The number of rotatable bonds is 6. The molecule has 28 heavy (non-hydrogen) atoms. The van der Waals surface area contributed by atoms with Crippen LogP contribution in [0, 0.1) is 0 Å². The summed E-state index contributed by atoms with van der Waals surface area (Å²) in [7, 11) is 2.18. The van der Waals surface area contributed by atoms with Crippen molar-refractivity contribution in [1.29, 1.82) is 0 Å². The maximum Gasteiger partial charge on any atom is 0.224 e. The van der Waals surface area contributed by atoms with Crippen molar-refractivity contribution in [2.24, 2.45) is 0 Å². The molecule has 4 nitrogen and oxygen atoms in total. The zero-order valence-corrected chi connectivity index (χ0v) is 16.9. The smallest absolute Gasteiger partial charge is 0.224 e. The Kier molecular flexibility index (Phi) is 6.08. The minimum Gasteiger partial charge on any atom is -0.352 e. The molecule has 4 rings (SSSR count). The summed E-state index contributed by atoms with van der Waals surface area (Å²) in [6.45, 7) is 6.11. The molecule has 1 heterocycles. The molecule has 1 amide bonds. The van der Waals surface area contributed by atoms with E-state index in [9.17, 15) is 4.79 Å². The zero-order valence-electron chi connectivity index (χ0n) is 16.9. The molecule has 1 aliphatic heterocycles. The molecule has 0 aromatic heterocycles. The summed E-state index contributed by atoms with van der Waals surface area (Å²) in [5, 5.41) is 3.09. The molecule has 0 atom stereocenters. The minimum atomic E-state index is 0.0995. The monoisotopic (exact) mass is 377 g/mol. The number of piperazine rings is 1. The number of nitrogens with zero attached hydrogens (tertiary/aromatic N) is 2. The van der Waals surface area contributed by atoms with Gasteiger partial charge in [0.15, 0.2) is 0 Å². The van der Waals surface area contributed by atoms with Crippen molar-refractivity contribution >= 4 is 5.91 Å². The van der Waals surface area contributed by atoms with Crippen LogP contribution in [0.4, 0.5) is 0 Å². The fourth-order valence-electron chi connectivity index (χ4n) is 4.29. The highest BCUT2D eigenvalue weighted by Crippen LogP contribution is 2.23. The van der Waals surface area contributed by atoms with Gasteiger partial charge in [-0.3, -0.25) is 9.69 Å². The number of aryl methyl sites for hydroxylation is 2. The van der Waals surface area contributed by atoms with Gasteiger partial charge >= 0.3 is 0 Å². The number of nitrogens with one attached hydrogen (secondary N) is 1. The zero-order chi connectivity index (χ0) is 19.3. The summed E-state index contributed by atoms with van der Waals surface area (Å²) < 4.78 is 0. The summed E-state index contributed by atoms with van der Waals surface area (Å²) >= 11 is 0. The Morgan fingerprint density at radius 3 is 2.57 bits per heavy atom. The van der Waals surface area contributed by atoms with Gasteiger partial charge in [-0.1, -0.05) is 42.5 Å². The largest absolute Gasteiger partial charge is 0.352 e. The van der Waals surface area contributed by atoms with Gasteiger partial charge in [0.1, 0.15) is 0 Å². The van der Waals surface area contributed by atoms with Crippen molar-refractivity contribution in [3.63, 3.8) is 0 Å². The van der Waals surface area contributed by atoms with Gasteiger partial charge in [0.2, 0.25) is 5.91 Å². The van der Waals surface area contributed by atoms with E-state index in [1.807, 2.05) is 0 Å². The number of hydrogen-bond donors (Lipinski definition) is 1. The molecule has 1 aliphatic carbocycles. The van der Waals surface area contributed by atoms with Gasteiger partial charge < -0.3 is 10.2 Å². The Hall–Kier alpha value is -2.17. The van der Waals surface area contributed by atoms with Gasteiger partial charge in [0.05, 0.1) is 6.42 Å². The Morgan fingerprint density at radius 1 is 0.929 bits per heavy atom. The predicted molar refractivity (Wildman–Crippen MR) is 113 cm³/mol. The second-order valence-corrected chi connectivity index (χ2v) is 8.31. The van der Waals surface area contributed by atoms with Crippen LogP contribution in [0.2, 0.25) is 0 Å². The molecule has 1 fully saturated rings. The van der Waals surface area contributed by atoms with Crippen molar-refractivity contribution in [1.82, 2.24) is 15.1 Å². The van der Waals surface area contributed by atoms with Crippen molar-refractivity contribution < 1.29 is 4.79 Å². The number of benzene rings is 2. The molecule has 0 bridgehead atoms. The molecule has 1 N–H and O–H groups in total. The highest BCUT2D eigenvalue weighted by molar-refractivity contribution is 5.78. The summed E-state index contributed by atoms with van der Waals surface area (Å²) in [5.74, 6) is 0.0995. The quantitative estimate of drug-likeness (QED) is 0.841. The van der Waals surface area contributed by atoms with Crippen LogP contribution in [0.25, 0.3) is 0 Å². The lowest BCUT2D eigenvalue weighted by Gasteiger charge is -2.32. The first-order chi connectivity index (χ1) is 13.7. The van der Waals surface area contributed by atoms with Crippen LogP contribution in [0.5, 0.6) is 0 Å². The molecule has 0 unspecified atom stereocenters. The van der Waals surface area contributed by atoms with Crippen LogP contribution < -0.4 is 5.32 Å².